The molecule has 5 heteroatoms. The van der Waals surface area contributed by atoms with E-state index in [0.29, 0.717) is 5.82 Å². The number of likely N-dealkylation sites (N-methyl/N-ethyl adjacent to an activating group) is 1. The first kappa shape index (κ1) is 15.6. The summed E-state index contributed by atoms with van der Waals surface area (Å²) in [5.74, 6) is 0.613. The summed E-state index contributed by atoms with van der Waals surface area (Å²) in [7, 11) is 0. The lowest BCUT2D eigenvalue weighted by Crippen LogP contribution is -2.26. The van der Waals surface area contributed by atoms with Gasteiger partial charge >= 0.3 is 0 Å². The molecule has 1 aromatic carbocycles. The maximum absolute atomic E-state index is 5.84. The van der Waals surface area contributed by atoms with E-state index in [1.165, 1.54) is 12.0 Å². The summed E-state index contributed by atoms with van der Waals surface area (Å²) in [6.07, 6.45) is 2.24. The van der Waals surface area contributed by atoms with E-state index in [9.17, 15) is 0 Å². The van der Waals surface area contributed by atoms with Crippen LogP contribution < -0.4 is 0 Å². The minimum absolute atomic E-state index is 0.606. The fourth-order valence-corrected chi connectivity index (χ4v) is 2.57. The number of alkyl halides is 2. The van der Waals surface area contributed by atoms with Gasteiger partial charge in [0, 0.05) is 6.54 Å². The highest BCUT2D eigenvalue weighted by molar-refractivity contribution is 6.43. The van der Waals surface area contributed by atoms with Gasteiger partial charge in [0.15, 0.2) is 4.84 Å². The summed E-state index contributed by atoms with van der Waals surface area (Å²) in [5.41, 5.74) is 3.22. The molecule has 1 N–H and O–H groups in total. The molecule has 0 atom stereocenters. The average molecular weight is 314 g/mol. The molecule has 0 spiro atoms. The minimum Gasteiger partial charge on any atom is -0.340 e. The van der Waals surface area contributed by atoms with Crippen molar-refractivity contribution in [1.29, 1.82) is 0 Å². The van der Waals surface area contributed by atoms with Crippen LogP contribution in [-0.2, 0) is 6.42 Å². The van der Waals surface area contributed by atoms with Crippen molar-refractivity contribution in [2.24, 2.45) is 0 Å². The van der Waals surface area contributed by atoms with Gasteiger partial charge in [0.2, 0.25) is 0 Å². The zero-order valence-corrected chi connectivity index (χ0v) is 13.5. The molecule has 0 saturated heterocycles. The molecule has 110 valence electrons. The molecule has 0 radical (unpaired) electrons. The molecule has 2 aromatic rings. The Balaban J connectivity index is 2.07. The van der Waals surface area contributed by atoms with Gasteiger partial charge in [0.25, 0.3) is 0 Å². The fourth-order valence-electron chi connectivity index (χ4n) is 2.37. The van der Waals surface area contributed by atoms with Gasteiger partial charge in [-0.2, -0.15) is 0 Å². The Kier molecular flexibility index (Phi) is 5.70. The molecule has 0 unspecified atom stereocenters. The van der Waals surface area contributed by atoms with E-state index >= 15 is 0 Å². The monoisotopic (exact) mass is 313 g/mol. The lowest BCUT2D eigenvalue weighted by atomic mass is 10.1. The molecule has 0 bridgehead atoms. The lowest BCUT2D eigenvalue weighted by molar-refractivity contribution is 0.292. The highest BCUT2D eigenvalue weighted by atomic mass is 35.5. The zero-order chi connectivity index (χ0) is 14.5. The lowest BCUT2D eigenvalue weighted by Gasteiger charge is -2.19. The Morgan fingerprint density at radius 2 is 2.05 bits per heavy atom. The Morgan fingerprint density at radius 1 is 1.25 bits per heavy atom. The number of aromatic nitrogens is 2. The SMILES string of the molecule is CCCN(CC)CCc1ccc2nc(C(Cl)Cl)[nH]c2c1. The van der Waals surface area contributed by atoms with Crippen molar-refractivity contribution in [3.63, 3.8) is 0 Å². The Labute approximate surface area is 130 Å². The van der Waals surface area contributed by atoms with E-state index in [-0.39, 0.29) is 0 Å². The van der Waals surface area contributed by atoms with Gasteiger partial charge in [-0.25, -0.2) is 4.98 Å². The van der Waals surface area contributed by atoms with Crippen LogP contribution in [0.3, 0.4) is 0 Å². The van der Waals surface area contributed by atoms with Crippen molar-refractivity contribution < 1.29 is 0 Å². The Morgan fingerprint density at radius 3 is 2.70 bits per heavy atom. The number of halogens is 2. The van der Waals surface area contributed by atoms with E-state index in [2.05, 4.69) is 40.8 Å². The Bertz CT molecular complexity index is 551. The molecular formula is C15H21Cl2N3. The summed E-state index contributed by atoms with van der Waals surface area (Å²) < 4.78 is 0. The molecule has 2 rings (SSSR count). The Hall–Kier alpha value is -0.770. The predicted molar refractivity (Wildman–Crippen MR) is 86.6 cm³/mol. The second-order valence-electron chi connectivity index (χ2n) is 4.96. The molecular weight excluding hydrogens is 293 g/mol. The number of hydrogen-bond donors (Lipinski definition) is 1. The molecule has 1 aromatic heterocycles. The van der Waals surface area contributed by atoms with Crippen LogP contribution in [0.2, 0.25) is 0 Å². The van der Waals surface area contributed by atoms with Crippen molar-refractivity contribution in [3.8, 4) is 0 Å². The topological polar surface area (TPSA) is 31.9 Å². The summed E-state index contributed by atoms with van der Waals surface area (Å²) in [5, 5.41) is 0. The molecule has 0 aliphatic rings. The van der Waals surface area contributed by atoms with Crippen molar-refractivity contribution >= 4 is 34.2 Å². The van der Waals surface area contributed by atoms with Crippen LogP contribution in [0.25, 0.3) is 11.0 Å². The highest BCUT2D eigenvalue weighted by Crippen LogP contribution is 2.24. The maximum atomic E-state index is 5.84. The van der Waals surface area contributed by atoms with Gasteiger partial charge < -0.3 is 9.88 Å². The predicted octanol–water partition coefficient (Wildman–Crippen LogP) is 4.31. The quantitative estimate of drug-likeness (QED) is 0.772. The summed E-state index contributed by atoms with van der Waals surface area (Å²) in [4.78, 5) is 9.40. The van der Waals surface area contributed by atoms with Gasteiger partial charge in [-0.1, -0.05) is 43.1 Å². The number of nitrogens with one attached hydrogen (secondary N) is 1. The second-order valence-corrected chi connectivity index (χ2v) is 6.05. The third-order valence-electron chi connectivity index (χ3n) is 3.48. The molecule has 0 saturated carbocycles. The molecule has 0 fully saturated rings. The number of benzene rings is 1. The molecule has 0 aliphatic carbocycles. The van der Waals surface area contributed by atoms with Gasteiger partial charge in [0.1, 0.15) is 5.82 Å². The molecule has 0 amide bonds. The van der Waals surface area contributed by atoms with Crippen molar-refractivity contribution in [1.82, 2.24) is 14.9 Å². The van der Waals surface area contributed by atoms with Crippen molar-refractivity contribution in [2.45, 2.75) is 31.5 Å². The number of fused-ring (bicyclic) bond motifs is 1. The van der Waals surface area contributed by atoms with Gasteiger partial charge in [-0.3, -0.25) is 0 Å². The normalized spacial score (nSPS) is 11.9. The first-order chi connectivity index (χ1) is 9.63. The largest absolute Gasteiger partial charge is 0.340 e. The number of H-pyrrole nitrogens is 1. The van der Waals surface area contributed by atoms with E-state index < -0.39 is 4.84 Å². The number of hydrogen-bond acceptors (Lipinski definition) is 2. The first-order valence-electron chi connectivity index (χ1n) is 7.13. The third-order valence-corrected chi connectivity index (χ3v) is 3.89. The summed E-state index contributed by atoms with van der Waals surface area (Å²) in [6, 6.07) is 6.29. The van der Waals surface area contributed by atoms with Gasteiger partial charge in [-0.15, -0.1) is 0 Å². The first-order valence-corrected chi connectivity index (χ1v) is 8.00. The van der Waals surface area contributed by atoms with E-state index in [1.807, 2.05) is 6.07 Å². The highest BCUT2D eigenvalue weighted by Gasteiger charge is 2.10. The third kappa shape index (κ3) is 3.87. The number of imidazole rings is 1. The standard InChI is InChI=1S/C15H21Cl2N3/c1-3-8-20(4-2)9-7-11-5-6-12-13(10-11)19-15(18-12)14(16)17/h5-6,10,14H,3-4,7-9H2,1-2H3,(H,18,19). The van der Waals surface area contributed by atoms with Gasteiger partial charge in [-0.05, 0) is 43.6 Å². The van der Waals surface area contributed by atoms with Crippen LogP contribution in [0.1, 0.15) is 36.5 Å². The number of rotatable bonds is 7. The number of aromatic amines is 1. The van der Waals surface area contributed by atoms with Crippen molar-refractivity contribution in [3.05, 3.63) is 29.6 Å². The maximum Gasteiger partial charge on any atom is 0.165 e. The average Bonchev–Trinajstić information content (AvgIpc) is 2.86. The van der Waals surface area contributed by atoms with E-state index in [4.69, 9.17) is 23.2 Å². The van der Waals surface area contributed by atoms with Crippen LogP contribution in [0, 0.1) is 0 Å². The fraction of sp³-hybridized carbons (Fsp3) is 0.533. The molecule has 20 heavy (non-hydrogen) atoms. The van der Waals surface area contributed by atoms with Crippen LogP contribution in [0.4, 0.5) is 0 Å². The van der Waals surface area contributed by atoms with Gasteiger partial charge in [0.05, 0.1) is 11.0 Å². The van der Waals surface area contributed by atoms with Crippen LogP contribution in [0.5, 0.6) is 0 Å². The molecule has 1 heterocycles. The summed E-state index contributed by atoms with van der Waals surface area (Å²) in [6.45, 7) is 7.78. The van der Waals surface area contributed by atoms with Crippen LogP contribution >= 0.6 is 23.2 Å². The minimum atomic E-state index is -0.606. The van der Waals surface area contributed by atoms with E-state index in [1.54, 1.807) is 0 Å². The molecule has 3 nitrogen and oxygen atoms in total. The number of nitrogens with zero attached hydrogens (tertiary/aromatic N) is 2. The second kappa shape index (κ2) is 7.30. The van der Waals surface area contributed by atoms with Crippen molar-refractivity contribution in [2.75, 3.05) is 19.6 Å². The van der Waals surface area contributed by atoms with Crippen LogP contribution in [0.15, 0.2) is 18.2 Å². The van der Waals surface area contributed by atoms with E-state index in [0.717, 1.165) is 37.1 Å². The zero-order valence-electron chi connectivity index (χ0n) is 12.0. The smallest absolute Gasteiger partial charge is 0.165 e. The molecule has 0 aliphatic heterocycles. The van der Waals surface area contributed by atoms with Crippen LogP contribution in [-0.4, -0.2) is 34.5 Å². The summed E-state index contributed by atoms with van der Waals surface area (Å²) >= 11 is 11.7.